The third kappa shape index (κ3) is 2.91. The molecule has 0 fully saturated rings. The lowest BCUT2D eigenvalue weighted by atomic mass is 10.2. The van der Waals surface area contributed by atoms with Gasteiger partial charge in [0.1, 0.15) is 5.75 Å². The molecule has 2 rings (SSSR count). The lowest BCUT2D eigenvalue weighted by molar-refractivity contribution is 0.408. The van der Waals surface area contributed by atoms with Crippen molar-refractivity contribution in [1.29, 1.82) is 0 Å². The van der Waals surface area contributed by atoms with Crippen LogP contribution in [0.2, 0.25) is 5.02 Å². The van der Waals surface area contributed by atoms with Gasteiger partial charge in [0.2, 0.25) is 0 Å². The summed E-state index contributed by atoms with van der Waals surface area (Å²) < 4.78 is 6.37. The number of hydrogen-bond acceptors (Lipinski definition) is 4. The maximum Gasteiger partial charge on any atom is 0.134 e. The molecule has 6 heteroatoms. The van der Waals surface area contributed by atoms with Gasteiger partial charge in [0, 0.05) is 4.88 Å². The molecule has 2 heterocycles. The fourth-order valence-corrected chi connectivity index (χ4v) is 4.58. The molecule has 0 aromatic carbocycles. The third-order valence-corrected chi connectivity index (χ3v) is 6.00. The van der Waals surface area contributed by atoms with Gasteiger partial charge in [-0.2, -0.15) is 0 Å². The molecular weight excluding hydrogens is 354 g/mol. The first-order chi connectivity index (χ1) is 8.67. The zero-order valence-electron chi connectivity index (χ0n) is 10.00. The van der Waals surface area contributed by atoms with Crippen LogP contribution < -0.4 is 10.1 Å². The van der Waals surface area contributed by atoms with Gasteiger partial charge in [0.15, 0.2) is 0 Å². The number of hydrogen-bond donors (Lipinski definition) is 1. The van der Waals surface area contributed by atoms with E-state index in [1.165, 1.54) is 9.75 Å². The van der Waals surface area contributed by atoms with Crippen molar-refractivity contribution < 1.29 is 4.74 Å². The molecule has 2 aromatic rings. The number of ether oxygens (including phenoxy) is 1. The Morgan fingerprint density at radius 2 is 2.33 bits per heavy atom. The minimum absolute atomic E-state index is 0.138. The van der Waals surface area contributed by atoms with E-state index in [1.807, 2.05) is 17.5 Å². The Hall–Kier alpha value is -0.0700. The van der Waals surface area contributed by atoms with Crippen LogP contribution in [0.25, 0.3) is 0 Å². The minimum Gasteiger partial charge on any atom is -0.496 e. The normalized spacial score (nSPS) is 12.7. The monoisotopic (exact) mass is 365 g/mol. The molecule has 2 aromatic heterocycles. The van der Waals surface area contributed by atoms with Crippen molar-refractivity contribution in [3.63, 3.8) is 0 Å². The Balaban J connectivity index is 2.39. The van der Waals surface area contributed by atoms with E-state index in [0.717, 1.165) is 21.1 Å². The molecule has 0 radical (unpaired) electrons. The highest BCUT2D eigenvalue weighted by Gasteiger charge is 2.21. The summed E-state index contributed by atoms with van der Waals surface area (Å²) in [4.78, 5) is 2.37. The van der Waals surface area contributed by atoms with Crippen LogP contribution in [-0.2, 0) is 0 Å². The summed E-state index contributed by atoms with van der Waals surface area (Å²) >= 11 is 12.9. The highest BCUT2D eigenvalue weighted by Crippen LogP contribution is 2.41. The van der Waals surface area contributed by atoms with Crippen LogP contribution in [0.5, 0.6) is 5.75 Å². The van der Waals surface area contributed by atoms with Crippen LogP contribution in [0.3, 0.4) is 0 Å². The SMILES string of the molecule is CCNC(c1cc(Cl)c(Br)s1)c1sccc1OC. The van der Waals surface area contributed by atoms with Gasteiger partial charge < -0.3 is 10.1 Å². The van der Waals surface area contributed by atoms with Crippen LogP contribution in [0.15, 0.2) is 21.3 Å². The molecule has 1 unspecified atom stereocenters. The second-order valence-electron chi connectivity index (χ2n) is 3.61. The summed E-state index contributed by atoms with van der Waals surface area (Å²) in [6, 6.07) is 4.14. The highest BCUT2D eigenvalue weighted by molar-refractivity contribution is 9.11. The number of methoxy groups -OCH3 is 1. The summed E-state index contributed by atoms with van der Waals surface area (Å²) in [6.07, 6.45) is 0. The Labute approximate surface area is 128 Å². The molecule has 2 nitrogen and oxygen atoms in total. The Morgan fingerprint density at radius 3 is 2.89 bits per heavy atom. The quantitative estimate of drug-likeness (QED) is 0.810. The van der Waals surface area contributed by atoms with E-state index >= 15 is 0 Å². The van der Waals surface area contributed by atoms with E-state index in [9.17, 15) is 0 Å². The predicted molar refractivity (Wildman–Crippen MR) is 83.4 cm³/mol. The van der Waals surface area contributed by atoms with E-state index in [4.69, 9.17) is 16.3 Å². The number of halogens is 2. The van der Waals surface area contributed by atoms with Crippen LogP contribution >= 0.6 is 50.2 Å². The van der Waals surface area contributed by atoms with Gasteiger partial charge in [-0.25, -0.2) is 0 Å². The van der Waals surface area contributed by atoms with Crippen molar-refractivity contribution in [1.82, 2.24) is 5.32 Å². The lowest BCUT2D eigenvalue weighted by Crippen LogP contribution is -2.20. The molecule has 98 valence electrons. The smallest absolute Gasteiger partial charge is 0.134 e. The fourth-order valence-electron chi connectivity index (χ4n) is 1.72. The molecule has 0 bridgehead atoms. The Bertz CT molecular complexity index is 506. The first-order valence-electron chi connectivity index (χ1n) is 5.46. The molecule has 1 N–H and O–H groups in total. The van der Waals surface area contributed by atoms with Crippen molar-refractivity contribution in [3.05, 3.63) is 36.1 Å². The Morgan fingerprint density at radius 1 is 1.56 bits per heavy atom. The van der Waals surface area contributed by atoms with Gasteiger partial charge in [0.25, 0.3) is 0 Å². The van der Waals surface area contributed by atoms with Crippen LogP contribution in [0.1, 0.15) is 22.7 Å². The van der Waals surface area contributed by atoms with Crippen LogP contribution in [0.4, 0.5) is 0 Å². The van der Waals surface area contributed by atoms with Gasteiger partial charge in [-0.3, -0.25) is 0 Å². The van der Waals surface area contributed by atoms with Crippen LogP contribution in [-0.4, -0.2) is 13.7 Å². The van der Waals surface area contributed by atoms with Gasteiger partial charge in [0.05, 0.1) is 26.8 Å². The van der Waals surface area contributed by atoms with Gasteiger partial charge >= 0.3 is 0 Å². The summed E-state index contributed by atoms with van der Waals surface area (Å²) in [6.45, 7) is 2.98. The van der Waals surface area contributed by atoms with Gasteiger partial charge in [-0.15, -0.1) is 22.7 Å². The van der Waals surface area contributed by atoms with Gasteiger partial charge in [-0.05, 0) is 40.0 Å². The molecule has 1 atom stereocenters. The summed E-state index contributed by atoms with van der Waals surface area (Å²) in [5.41, 5.74) is 0. The first kappa shape index (κ1) is 14.3. The third-order valence-electron chi connectivity index (χ3n) is 2.50. The average molecular weight is 367 g/mol. The maximum atomic E-state index is 6.12. The standard InChI is InChI=1S/C12H13BrClNOS2/c1-3-15-10(9-6-7(14)12(13)18-9)11-8(16-2)4-5-17-11/h4-6,10,15H,3H2,1-2H3. The second-order valence-corrected chi connectivity index (χ2v) is 7.37. The molecule has 0 spiro atoms. The molecule has 0 aliphatic rings. The van der Waals surface area contributed by atoms with E-state index in [-0.39, 0.29) is 6.04 Å². The number of rotatable bonds is 5. The van der Waals surface area contributed by atoms with Gasteiger partial charge in [-0.1, -0.05) is 18.5 Å². The minimum atomic E-state index is 0.138. The largest absolute Gasteiger partial charge is 0.496 e. The molecule has 0 amide bonds. The molecule has 18 heavy (non-hydrogen) atoms. The zero-order valence-corrected chi connectivity index (χ0v) is 14.0. The zero-order chi connectivity index (χ0) is 13.1. The topological polar surface area (TPSA) is 21.3 Å². The van der Waals surface area contributed by atoms with E-state index in [1.54, 1.807) is 29.8 Å². The van der Waals surface area contributed by atoms with Crippen molar-refractivity contribution in [2.45, 2.75) is 13.0 Å². The van der Waals surface area contributed by atoms with Crippen molar-refractivity contribution in [2.75, 3.05) is 13.7 Å². The fraction of sp³-hybridized carbons (Fsp3) is 0.333. The van der Waals surface area contributed by atoms with E-state index in [0.29, 0.717) is 0 Å². The average Bonchev–Trinajstić information content (AvgIpc) is 2.94. The molecule has 0 aliphatic heterocycles. The molecular formula is C12H13BrClNOS2. The molecule has 0 aliphatic carbocycles. The number of nitrogens with one attached hydrogen (secondary N) is 1. The summed E-state index contributed by atoms with van der Waals surface area (Å²) in [5, 5.41) is 6.28. The highest BCUT2D eigenvalue weighted by atomic mass is 79.9. The first-order valence-corrected chi connectivity index (χ1v) is 8.33. The Kier molecular flexibility index (Phi) is 5.09. The lowest BCUT2D eigenvalue weighted by Gasteiger charge is -2.16. The van der Waals surface area contributed by atoms with Crippen LogP contribution in [0, 0.1) is 0 Å². The van der Waals surface area contributed by atoms with Crippen molar-refractivity contribution in [3.8, 4) is 5.75 Å². The number of thiophene rings is 2. The van der Waals surface area contributed by atoms with E-state index in [2.05, 4.69) is 28.2 Å². The summed E-state index contributed by atoms with van der Waals surface area (Å²) in [7, 11) is 1.70. The predicted octanol–water partition coefficient (Wildman–Crippen LogP) is 4.93. The second kappa shape index (κ2) is 6.39. The van der Waals surface area contributed by atoms with Crippen molar-refractivity contribution >= 4 is 50.2 Å². The molecule has 0 saturated heterocycles. The van der Waals surface area contributed by atoms with E-state index < -0.39 is 0 Å². The van der Waals surface area contributed by atoms with Crippen molar-refractivity contribution in [2.24, 2.45) is 0 Å². The molecule has 0 saturated carbocycles. The maximum absolute atomic E-state index is 6.12. The summed E-state index contributed by atoms with van der Waals surface area (Å²) in [5.74, 6) is 0.923.